The normalized spacial score (nSPS) is 19.1. The summed E-state index contributed by atoms with van der Waals surface area (Å²) < 4.78 is 0. The monoisotopic (exact) mass is 337 g/mol. The third-order valence-corrected chi connectivity index (χ3v) is 5.21. The smallest absolute Gasteiger partial charge is 0.308 e. The number of hydrogen-bond donors (Lipinski definition) is 2. The number of carbonyl (C=O) groups excluding carboxylic acids is 1. The molecule has 0 aromatic heterocycles. The largest absolute Gasteiger partial charge is 0.481 e. The van der Waals surface area contributed by atoms with Crippen LogP contribution in [0.3, 0.4) is 0 Å². The highest BCUT2D eigenvalue weighted by molar-refractivity contribution is 6.30. The van der Waals surface area contributed by atoms with Crippen LogP contribution in [-0.2, 0) is 16.0 Å². The molecule has 0 saturated heterocycles. The topological polar surface area (TPSA) is 66.4 Å². The Hall–Kier alpha value is -1.55. The highest BCUT2D eigenvalue weighted by Gasteiger charge is 2.42. The van der Waals surface area contributed by atoms with Crippen LogP contribution in [0.4, 0.5) is 0 Å². The van der Waals surface area contributed by atoms with E-state index in [0.29, 0.717) is 11.4 Å². The number of benzene rings is 1. The van der Waals surface area contributed by atoms with Crippen molar-refractivity contribution >= 4 is 23.5 Å². The fraction of sp³-hybridized carbons (Fsp3) is 0.556. The second-order valence-corrected chi connectivity index (χ2v) is 7.12. The third-order valence-electron chi connectivity index (χ3n) is 4.97. The molecule has 0 bridgehead atoms. The molecule has 1 aromatic carbocycles. The van der Waals surface area contributed by atoms with Gasteiger partial charge in [-0.25, -0.2) is 0 Å². The summed E-state index contributed by atoms with van der Waals surface area (Å²) in [6, 6.07) is 7.22. The summed E-state index contributed by atoms with van der Waals surface area (Å²) in [4.78, 5) is 23.9. The van der Waals surface area contributed by atoms with E-state index < -0.39 is 23.3 Å². The zero-order valence-corrected chi connectivity index (χ0v) is 14.4. The molecule has 2 atom stereocenters. The molecule has 0 radical (unpaired) electrons. The van der Waals surface area contributed by atoms with E-state index in [9.17, 15) is 9.59 Å². The second kappa shape index (κ2) is 7.35. The van der Waals surface area contributed by atoms with Crippen LogP contribution in [0.1, 0.15) is 45.1 Å². The number of amides is 1. The molecule has 1 aliphatic carbocycles. The van der Waals surface area contributed by atoms with Crippen molar-refractivity contribution < 1.29 is 14.7 Å². The quantitative estimate of drug-likeness (QED) is 0.832. The molecule has 23 heavy (non-hydrogen) atoms. The molecule has 2 N–H and O–H groups in total. The molecule has 1 saturated carbocycles. The summed E-state index contributed by atoms with van der Waals surface area (Å²) in [6.07, 6.45) is 4.36. The van der Waals surface area contributed by atoms with Gasteiger partial charge in [0, 0.05) is 11.1 Å². The maximum atomic E-state index is 12.9. The van der Waals surface area contributed by atoms with E-state index in [4.69, 9.17) is 16.7 Å². The lowest BCUT2D eigenvalue weighted by atomic mass is 9.78. The van der Waals surface area contributed by atoms with Crippen molar-refractivity contribution in [3.63, 3.8) is 0 Å². The van der Waals surface area contributed by atoms with Crippen molar-refractivity contribution in [2.24, 2.45) is 11.3 Å². The fourth-order valence-electron chi connectivity index (χ4n) is 3.27. The Labute approximate surface area is 142 Å². The first kappa shape index (κ1) is 17.8. The zero-order valence-electron chi connectivity index (χ0n) is 13.6. The molecule has 4 nitrogen and oxygen atoms in total. The first-order valence-electron chi connectivity index (χ1n) is 8.12. The van der Waals surface area contributed by atoms with Gasteiger partial charge in [-0.3, -0.25) is 9.59 Å². The van der Waals surface area contributed by atoms with E-state index in [2.05, 4.69) is 5.32 Å². The van der Waals surface area contributed by atoms with Crippen molar-refractivity contribution in [2.75, 3.05) is 0 Å². The van der Waals surface area contributed by atoms with Gasteiger partial charge in [0.25, 0.3) is 0 Å². The van der Waals surface area contributed by atoms with Gasteiger partial charge >= 0.3 is 5.97 Å². The van der Waals surface area contributed by atoms with E-state index in [-0.39, 0.29) is 5.91 Å². The predicted octanol–water partition coefficient (Wildman–Crippen LogP) is 3.67. The van der Waals surface area contributed by atoms with Crippen LogP contribution in [0, 0.1) is 11.3 Å². The third kappa shape index (κ3) is 4.25. The number of carboxylic acid groups (broad SMARTS) is 1. The van der Waals surface area contributed by atoms with E-state index >= 15 is 0 Å². The molecule has 2 unspecified atom stereocenters. The molecule has 0 aliphatic heterocycles. The lowest BCUT2D eigenvalue weighted by molar-refractivity contribution is -0.142. The van der Waals surface area contributed by atoms with Crippen LogP contribution in [0.2, 0.25) is 5.02 Å². The SMILES string of the molecule is CC(NC(=O)C1(Cc2cccc(Cl)c2)CCCC1)C(C)C(=O)O. The number of hydrogen-bond acceptors (Lipinski definition) is 2. The minimum Gasteiger partial charge on any atom is -0.481 e. The van der Waals surface area contributed by atoms with Gasteiger partial charge in [-0.05, 0) is 50.8 Å². The van der Waals surface area contributed by atoms with Gasteiger partial charge in [0.2, 0.25) is 5.91 Å². The second-order valence-electron chi connectivity index (χ2n) is 6.68. The Balaban J connectivity index is 2.13. The average Bonchev–Trinajstić information content (AvgIpc) is 2.96. The van der Waals surface area contributed by atoms with Gasteiger partial charge < -0.3 is 10.4 Å². The molecule has 0 heterocycles. The molecular weight excluding hydrogens is 314 g/mol. The van der Waals surface area contributed by atoms with E-state index in [0.717, 1.165) is 31.2 Å². The molecule has 1 aliphatic rings. The minimum atomic E-state index is -0.895. The number of halogens is 1. The highest BCUT2D eigenvalue weighted by atomic mass is 35.5. The zero-order chi connectivity index (χ0) is 17.0. The number of carbonyl (C=O) groups is 2. The Kier molecular flexibility index (Phi) is 5.69. The molecule has 0 spiro atoms. The molecule has 5 heteroatoms. The summed E-state index contributed by atoms with van der Waals surface area (Å²) in [7, 11) is 0. The lowest BCUT2D eigenvalue weighted by Gasteiger charge is -2.30. The van der Waals surface area contributed by atoms with Gasteiger partial charge in [-0.1, -0.05) is 36.6 Å². The fourth-order valence-corrected chi connectivity index (χ4v) is 3.49. The van der Waals surface area contributed by atoms with Crippen LogP contribution < -0.4 is 5.32 Å². The van der Waals surface area contributed by atoms with Gasteiger partial charge in [-0.2, -0.15) is 0 Å². The Morgan fingerprint density at radius 1 is 1.30 bits per heavy atom. The van der Waals surface area contributed by atoms with Crippen LogP contribution in [0.15, 0.2) is 24.3 Å². The molecular formula is C18H24ClNO3. The minimum absolute atomic E-state index is 0.0319. The first-order valence-corrected chi connectivity index (χ1v) is 8.50. The number of aliphatic carboxylic acids is 1. The Morgan fingerprint density at radius 3 is 2.52 bits per heavy atom. The highest BCUT2D eigenvalue weighted by Crippen LogP contribution is 2.41. The van der Waals surface area contributed by atoms with Crippen molar-refractivity contribution in [2.45, 2.75) is 52.0 Å². The van der Waals surface area contributed by atoms with Crippen molar-refractivity contribution in [1.82, 2.24) is 5.32 Å². The van der Waals surface area contributed by atoms with Crippen LogP contribution >= 0.6 is 11.6 Å². The van der Waals surface area contributed by atoms with E-state index in [1.54, 1.807) is 13.8 Å². The number of carboxylic acids is 1. The molecule has 1 aromatic rings. The summed E-state index contributed by atoms with van der Waals surface area (Å²) in [6.45, 7) is 3.37. The summed E-state index contributed by atoms with van der Waals surface area (Å²) >= 11 is 6.05. The van der Waals surface area contributed by atoms with Gasteiger partial charge in [0.05, 0.1) is 11.3 Å². The molecule has 1 amide bonds. The predicted molar refractivity (Wildman–Crippen MR) is 90.5 cm³/mol. The number of rotatable bonds is 6. The molecule has 126 valence electrons. The Bertz CT molecular complexity index is 581. The van der Waals surface area contributed by atoms with Crippen LogP contribution in [0.5, 0.6) is 0 Å². The standard InChI is InChI=1S/C18H24ClNO3/c1-12(16(21)22)13(2)20-17(23)18(8-3-4-9-18)11-14-6-5-7-15(19)10-14/h5-7,10,12-13H,3-4,8-9,11H2,1-2H3,(H,20,23)(H,21,22). The average molecular weight is 338 g/mol. The van der Waals surface area contributed by atoms with Crippen molar-refractivity contribution in [3.8, 4) is 0 Å². The first-order chi connectivity index (χ1) is 10.8. The molecule has 2 rings (SSSR count). The van der Waals surface area contributed by atoms with Crippen molar-refractivity contribution in [1.29, 1.82) is 0 Å². The maximum Gasteiger partial charge on any atom is 0.308 e. The number of nitrogens with one attached hydrogen (secondary N) is 1. The van der Waals surface area contributed by atoms with Gasteiger partial charge in [-0.15, -0.1) is 0 Å². The molecule has 1 fully saturated rings. The van der Waals surface area contributed by atoms with Gasteiger partial charge in [0.15, 0.2) is 0 Å². The Morgan fingerprint density at radius 2 is 1.96 bits per heavy atom. The van der Waals surface area contributed by atoms with E-state index in [1.165, 1.54) is 0 Å². The lowest BCUT2D eigenvalue weighted by Crippen LogP contribution is -2.47. The maximum absolute atomic E-state index is 12.9. The summed E-state index contributed by atoms with van der Waals surface area (Å²) in [5.41, 5.74) is 0.602. The summed E-state index contributed by atoms with van der Waals surface area (Å²) in [5.74, 6) is -1.53. The van der Waals surface area contributed by atoms with Crippen molar-refractivity contribution in [3.05, 3.63) is 34.9 Å². The van der Waals surface area contributed by atoms with Crippen LogP contribution in [-0.4, -0.2) is 23.0 Å². The van der Waals surface area contributed by atoms with E-state index in [1.807, 2.05) is 24.3 Å². The summed E-state index contributed by atoms with van der Waals surface area (Å²) in [5, 5.41) is 12.7. The van der Waals surface area contributed by atoms with Gasteiger partial charge in [0.1, 0.15) is 0 Å². The van der Waals surface area contributed by atoms with Crippen LogP contribution in [0.25, 0.3) is 0 Å².